The van der Waals surface area contributed by atoms with Crippen LogP contribution in [-0.2, 0) is 0 Å². The van der Waals surface area contributed by atoms with Crippen LogP contribution in [0.4, 0.5) is 11.4 Å². The highest BCUT2D eigenvalue weighted by molar-refractivity contribution is 6.06. The van der Waals surface area contributed by atoms with E-state index >= 15 is 0 Å². The summed E-state index contributed by atoms with van der Waals surface area (Å²) in [5.41, 5.74) is 2.61. The quantitative estimate of drug-likeness (QED) is 0.824. The number of fused-ring (bicyclic) bond motifs is 1. The Kier molecular flexibility index (Phi) is 7.53. The summed E-state index contributed by atoms with van der Waals surface area (Å²) in [7, 11) is 2.08. The average Bonchev–Trinajstić information content (AvgIpc) is 3.09. The molecule has 1 aromatic heterocycles. The Labute approximate surface area is 172 Å². The maximum Gasteiger partial charge on any atom is 0.278 e. The molecule has 8 heteroatoms. The Bertz CT molecular complexity index is 760. The first-order chi connectivity index (χ1) is 12.2. The fraction of sp³-hybridized carbons (Fsp3) is 0.474. The Morgan fingerprint density at radius 1 is 1.11 bits per heavy atom. The van der Waals surface area contributed by atoms with Gasteiger partial charge in [-0.1, -0.05) is 12.1 Å². The lowest BCUT2D eigenvalue weighted by Crippen LogP contribution is -2.33. The summed E-state index contributed by atoms with van der Waals surface area (Å²) in [5, 5.41) is 8.00. The van der Waals surface area contributed by atoms with E-state index in [9.17, 15) is 4.79 Å². The van der Waals surface area contributed by atoms with Gasteiger partial charge in [-0.25, -0.2) is 0 Å². The van der Waals surface area contributed by atoms with Crippen molar-refractivity contribution in [3.8, 4) is 0 Å². The fourth-order valence-electron chi connectivity index (χ4n) is 3.79. The summed E-state index contributed by atoms with van der Waals surface area (Å²) in [4.78, 5) is 17.2. The number of anilines is 2. The molecule has 4 rings (SSSR count). The molecule has 1 saturated heterocycles. The van der Waals surface area contributed by atoms with Crippen LogP contribution in [0.25, 0.3) is 0 Å². The SMILES string of the molecule is CN1CCCN(C(=O)c2ccn(C3CCCNC3)n2)c2ccccc21.Cl.Cl. The van der Waals surface area contributed by atoms with Crippen LogP contribution in [0.15, 0.2) is 36.5 Å². The Balaban J connectivity index is 0.00000131. The molecule has 1 aromatic carbocycles. The van der Waals surface area contributed by atoms with Gasteiger partial charge in [0.1, 0.15) is 0 Å². The highest BCUT2D eigenvalue weighted by atomic mass is 35.5. The molecule has 148 valence electrons. The Hall–Kier alpha value is -1.76. The highest BCUT2D eigenvalue weighted by Crippen LogP contribution is 2.32. The second kappa shape index (κ2) is 9.44. The molecular weight excluding hydrogens is 385 g/mol. The van der Waals surface area contributed by atoms with Crippen LogP contribution in [0.5, 0.6) is 0 Å². The predicted octanol–water partition coefficient (Wildman–Crippen LogP) is 3.14. The number of nitrogens with one attached hydrogen (secondary N) is 1. The van der Waals surface area contributed by atoms with Gasteiger partial charge in [-0.05, 0) is 44.0 Å². The zero-order valence-electron chi connectivity index (χ0n) is 15.5. The van der Waals surface area contributed by atoms with Crippen molar-refractivity contribution in [2.24, 2.45) is 0 Å². The van der Waals surface area contributed by atoms with E-state index in [0.29, 0.717) is 11.7 Å². The van der Waals surface area contributed by atoms with Crippen molar-refractivity contribution in [2.75, 3.05) is 43.0 Å². The molecule has 0 radical (unpaired) electrons. The van der Waals surface area contributed by atoms with E-state index in [4.69, 9.17) is 0 Å². The number of benzene rings is 1. The van der Waals surface area contributed by atoms with Gasteiger partial charge in [0.15, 0.2) is 5.69 Å². The molecule has 2 aromatic rings. The van der Waals surface area contributed by atoms with Crippen LogP contribution in [0, 0.1) is 0 Å². The first-order valence-electron chi connectivity index (χ1n) is 9.12. The predicted molar refractivity (Wildman–Crippen MR) is 114 cm³/mol. The number of aromatic nitrogens is 2. The molecule has 27 heavy (non-hydrogen) atoms. The van der Waals surface area contributed by atoms with E-state index in [1.807, 2.05) is 40.0 Å². The van der Waals surface area contributed by atoms with E-state index in [0.717, 1.165) is 56.8 Å². The third-order valence-electron chi connectivity index (χ3n) is 5.18. The number of hydrogen-bond donors (Lipinski definition) is 1. The number of hydrogen-bond acceptors (Lipinski definition) is 4. The minimum atomic E-state index is -0.00901. The van der Waals surface area contributed by atoms with Crippen LogP contribution in [0.1, 0.15) is 35.8 Å². The van der Waals surface area contributed by atoms with Crippen molar-refractivity contribution in [1.29, 1.82) is 0 Å². The molecule has 0 bridgehead atoms. The van der Waals surface area contributed by atoms with Crippen LogP contribution in [0.2, 0.25) is 0 Å². The van der Waals surface area contributed by atoms with Crippen molar-refractivity contribution in [2.45, 2.75) is 25.3 Å². The molecule has 1 fully saturated rings. The van der Waals surface area contributed by atoms with Gasteiger partial charge < -0.3 is 15.1 Å². The average molecular weight is 412 g/mol. The van der Waals surface area contributed by atoms with Crippen LogP contribution in [0.3, 0.4) is 0 Å². The summed E-state index contributed by atoms with van der Waals surface area (Å²) in [6.07, 6.45) is 5.16. The molecule has 6 nitrogen and oxygen atoms in total. The number of piperidine rings is 1. The minimum Gasteiger partial charge on any atom is -0.373 e. The smallest absolute Gasteiger partial charge is 0.278 e. The topological polar surface area (TPSA) is 53.4 Å². The first-order valence-corrected chi connectivity index (χ1v) is 9.12. The van der Waals surface area contributed by atoms with E-state index < -0.39 is 0 Å². The standard InChI is InChI=1S/C19H25N5O.2ClH/c1-22-11-5-12-23(18-8-3-2-7-17(18)22)19(25)16-9-13-24(21-16)15-6-4-10-20-14-15;;/h2-3,7-9,13,15,20H,4-6,10-12,14H2,1H3;2*1H. The van der Waals surface area contributed by atoms with Crippen molar-refractivity contribution < 1.29 is 4.79 Å². The number of carbonyl (C=O) groups is 1. The third kappa shape index (κ3) is 4.39. The second-order valence-corrected chi connectivity index (χ2v) is 6.90. The third-order valence-corrected chi connectivity index (χ3v) is 5.18. The molecule has 3 heterocycles. The van der Waals surface area contributed by atoms with Gasteiger partial charge in [-0.3, -0.25) is 9.48 Å². The number of halogens is 2. The first kappa shape index (κ1) is 21.5. The summed E-state index contributed by atoms with van der Waals surface area (Å²) in [6.45, 7) is 3.66. The van der Waals surface area contributed by atoms with E-state index in [2.05, 4.69) is 28.4 Å². The maximum absolute atomic E-state index is 13.1. The molecule has 0 aliphatic carbocycles. The highest BCUT2D eigenvalue weighted by Gasteiger charge is 2.26. The largest absolute Gasteiger partial charge is 0.373 e. The summed E-state index contributed by atoms with van der Waals surface area (Å²) < 4.78 is 1.95. The lowest BCUT2D eigenvalue weighted by atomic mass is 10.1. The number of para-hydroxylation sites is 2. The molecule has 1 amide bonds. The normalized spacial score (nSPS) is 19.4. The molecule has 1 atom stereocenters. The van der Waals surface area contributed by atoms with E-state index in [-0.39, 0.29) is 30.7 Å². The van der Waals surface area contributed by atoms with Crippen LogP contribution >= 0.6 is 24.8 Å². The van der Waals surface area contributed by atoms with E-state index in [1.165, 1.54) is 0 Å². The van der Waals surface area contributed by atoms with Gasteiger partial charge in [0.2, 0.25) is 0 Å². The summed E-state index contributed by atoms with van der Waals surface area (Å²) in [5.74, 6) is -0.00901. The maximum atomic E-state index is 13.1. The Morgan fingerprint density at radius 3 is 2.63 bits per heavy atom. The lowest BCUT2D eigenvalue weighted by molar-refractivity contribution is 0.0981. The van der Waals surface area contributed by atoms with E-state index in [1.54, 1.807) is 0 Å². The molecule has 2 aliphatic heterocycles. The number of carbonyl (C=O) groups excluding carboxylic acids is 1. The van der Waals surface area contributed by atoms with Gasteiger partial charge in [0, 0.05) is 32.9 Å². The van der Waals surface area contributed by atoms with Crippen LogP contribution in [-0.4, -0.2) is 48.9 Å². The molecular formula is C19H27Cl2N5O. The zero-order valence-corrected chi connectivity index (χ0v) is 17.1. The van der Waals surface area contributed by atoms with Gasteiger partial charge in [0.05, 0.1) is 17.4 Å². The van der Waals surface area contributed by atoms with Crippen LogP contribution < -0.4 is 15.1 Å². The molecule has 2 aliphatic rings. The van der Waals surface area contributed by atoms with Gasteiger partial charge in [-0.2, -0.15) is 5.10 Å². The molecule has 1 unspecified atom stereocenters. The Morgan fingerprint density at radius 2 is 1.89 bits per heavy atom. The van der Waals surface area contributed by atoms with Gasteiger partial charge in [-0.15, -0.1) is 24.8 Å². The van der Waals surface area contributed by atoms with Gasteiger partial charge >= 0.3 is 0 Å². The number of nitrogens with zero attached hydrogens (tertiary/aromatic N) is 4. The monoisotopic (exact) mass is 411 g/mol. The molecule has 0 spiro atoms. The summed E-state index contributed by atoms with van der Waals surface area (Å²) in [6, 6.07) is 10.3. The fourth-order valence-corrected chi connectivity index (χ4v) is 3.79. The molecule has 0 saturated carbocycles. The lowest BCUT2D eigenvalue weighted by Gasteiger charge is -2.24. The van der Waals surface area contributed by atoms with Crippen molar-refractivity contribution in [3.63, 3.8) is 0 Å². The second-order valence-electron chi connectivity index (χ2n) is 6.90. The number of amides is 1. The van der Waals surface area contributed by atoms with Crippen molar-refractivity contribution >= 4 is 42.1 Å². The van der Waals surface area contributed by atoms with Crippen molar-refractivity contribution in [1.82, 2.24) is 15.1 Å². The summed E-state index contributed by atoms with van der Waals surface area (Å²) >= 11 is 0. The van der Waals surface area contributed by atoms with Gasteiger partial charge in [0.25, 0.3) is 5.91 Å². The molecule has 1 N–H and O–H groups in total. The van der Waals surface area contributed by atoms with Crippen molar-refractivity contribution in [3.05, 3.63) is 42.2 Å². The number of rotatable bonds is 2. The zero-order chi connectivity index (χ0) is 17.2. The minimum absolute atomic E-state index is 0.